The van der Waals surface area contributed by atoms with E-state index in [1.54, 1.807) is 36.4 Å². The summed E-state index contributed by atoms with van der Waals surface area (Å²) >= 11 is 0. The maximum atomic E-state index is 12.6. The quantitative estimate of drug-likeness (QED) is 0.567. The third-order valence-corrected chi connectivity index (χ3v) is 4.02. The van der Waals surface area contributed by atoms with Crippen LogP contribution in [0.4, 0.5) is 5.69 Å². The highest BCUT2D eigenvalue weighted by Crippen LogP contribution is 2.25. The highest BCUT2D eigenvalue weighted by Gasteiger charge is 2.39. The van der Waals surface area contributed by atoms with Gasteiger partial charge in [-0.1, -0.05) is 6.92 Å². The highest BCUT2D eigenvalue weighted by molar-refractivity contribution is 6.22. The summed E-state index contributed by atoms with van der Waals surface area (Å²) in [4.78, 5) is 41.8. The van der Waals surface area contributed by atoms with Crippen LogP contribution < -0.4 is 20.5 Å². The van der Waals surface area contributed by atoms with Gasteiger partial charge in [-0.25, -0.2) is 10.3 Å². The smallest absolute Gasteiger partial charge is 0.265 e. The Bertz CT molecular complexity index is 823. The van der Waals surface area contributed by atoms with Crippen LogP contribution in [0.25, 0.3) is 0 Å². The molecule has 1 aromatic carbocycles. The van der Waals surface area contributed by atoms with Gasteiger partial charge in [0.15, 0.2) is 0 Å². The van der Waals surface area contributed by atoms with E-state index in [0.29, 0.717) is 23.6 Å². The molecule has 0 saturated carbocycles. The molecule has 0 unspecified atom stereocenters. The van der Waals surface area contributed by atoms with Crippen LogP contribution in [0.15, 0.2) is 48.8 Å². The molecule has 1 saturated heterocycles. The Hall–Kier alpha value is -3.26. The predicted molar refractivity (Wildman–Crippen MR) is 98.0 cm³/mol. The fourth-order valence-corrected chi connectivity index (χ4v) is 2.66. The van der Waals surface area contributed by atoms with Crippen LogP contribution in [0.2, 0.25) is 0 Å². The van der Waals surface area contributed by atoms with Crippen molar-refractivity contribution in [1.29, 1.82) is 0 Å². The van der Waals surface area contributed by atoms with Crippen molar-refractivity contribution in [2.45, 2.75) is 25.8 Å². The molecule has 140 valence electrons. The zero-order valence-corrected chi connectivity index (χ0v) is 14.8. The van der Waals surface area contributed by atoms with Crippen molar-refractivity contribution in [1.82, 2.24) is 15.8 Å². The van der Waals surface area contributed by atoms with Crippen molar-refractivity contribution in [2.75, 3.05) is 11.5 Å². The molecule has 0 aliphatic carbocycles. The van der Waals surface area contributed by atoms with Gasteiger partial charge in [0.1, 0.15) is 11.8 Å². The van der Waals surface area contributed by atoms with E-state index in [-0.39, 0.29) is 12.3 Å². The van der Waals surface area contributed by atoms with Gasteiger partial charge in [0.2, 0.25) is 5.91 Å². The van der Waals surface area contributed by atoms with Crippen molar-refractivity contribution in [3.05, 3.63) is 54.4 Å². The molecule has 2 heterocycles. The summed E-state index contributed by atoms with van der Waals surface area (Å²) in [6, 6.07) is 9.05. The Morgan fingerprint density at radius 2 is 1.89 bits per heavy atom. The van der Waals surface area contributed by atoms with Gasteiger partial charge in [-0.3, -0.25) is 24.8 Å². The fraction of sp³-hybridized carbons (Fsp3) is 0.263. The van der Waals surface area contributed by atoms with E-state index >= 15 is 0 Å². The number of pyridine rings is 1. The number of nitrogens with zero attached hydrogens (tertiary/aromatic N) is 2. The number of carbonyl (C=O) groups excluding carboxylic acids is 3. The number of aromatic nitrogens is 1. The number of hydrogen-bond donors (Lipinski definition) is 2. The fourth-order valence-electron chi connectivity index (χ4n) is 2.66. The molecule has 1 atom stereocenters. The first-order chi connectivity index (χ1) is 13.1. The molecule has 0 radical (unpaired) electrons. The largest absolute Gasteiger partial charge is 0.494 e. The second-order valence-corrected chi connectivity index (χ2v) is 6.00. The number of hydrogen-bond acceptors (Lipinski definition) is 6. The Labute approximate surface area is 156 Å². The van der Waals surface area contributed by atoms with Gasteiger partial charge in [-0.15, -0.1) is 0 Å². The predicted octanol–water partition coefficient (Wildman–Crippen LogP) is 1.44. The lowest BCUT2D eigenvalue weighted by atomic mass is 10.2. The molecule has 0 spiro atoms. The van der Waals surface area contributed by atoms with Gasteiger partial charge in [-0.2, -0.15) is 0 Å². The highest BCUT2D eigenvalue weighted by atomic mass is 16.5. The Balaban J connectivity index is 1.62. The first-order valence-corrected chi connectivity index (χ1v) is 8.65. The van der Waals surface area contributed by atoms with Gasteiger partial charge in [0.25, 0.3) is 11.8 Å². The molecule has 1 aliphatic rings. The molecular weight excluding hydrogens is 348 g/mol. The van der Waals surface area contributed by atoms with Gasteiger partial charge in [-0.05, 0) is 42.8 Å². The van der Waals surface area contributed by atoms with Gasteiger partial charge in [0, 0.05) is 18.0 Å². The number of ether oxygens (including phenoxy) is 1. The summed E-state index contributed by atoms with van der Waals surface area (Å²) in [5, 5.41) is 0. The van der Waals surface area contributed by atoms with Crippen molar-refractivity contribution >= 4 is 23.4 Å². The molecule has 8 heteroatoms. The van der Waals surface area contributed by atoms with Crippen LogP contribution >= 0.6 is 0 Å². The molecule has 2 N–H and O–H groups in total. The van der Waals surface area contributed by atoms with Crippen molar-refractivity contribution in [2.24, 2.45) is 0 Å². The molecule has 2 aromatic rings. The van der Waals surface area contributed by atoms with E-state index < -0.39 is 17.9 Å². The third-order valence-electron chi connectivity index (χ3n) is 4.02. The average Bonchev–Trinajstić information content (AvgIpc) is 2.99. The van der Waals surface area contributed by atoms with Crippen LogP contribution in [0, 0.1) is 0 Å². The molecule has 1 aliphatic heterocycles. The maximum Gasteiger partial charge on any atom is 0.265 e. The van der Waals surface area contributed by atoms with E-state index in [0.717, 1.165) is 11.3 Å². The average molecular weight is 368 g/mol. The minimum Gasteiger partial charge on any atom is -0.494 e. The number of carbonyl (C=O) groups is 3. The molecule has 3 rings (SSSR count). The van der Waals surface area contributed by atoms with Crippen LogP contribution in [0.5, 0.6) is 5.75 Å². The Morgan fingerprint density at radius 3 is 2.56 bits per heavy atom. The maximum absolute atomic E-state index is 12.6. The van der Waals surface area contributed by atoms with Crippen LogP contribution in [-0.2, 0) is 9.59 Å². The Morgan fingerprint density at radius 1 is 1.19 bits per heavy atom. The van der Waals surface area contributed by atoms with Crippen LogP contribution in [-0.4, -0.2) is 35.4 Å². The monoisotopic (exact) mass is 368 g/mol. The first-order valence-electron chi connectivity index (χ1n) is 8.65. The number of imide groups is 1. The minimum atomic E-state index is -0.820. The summed E-state index contributed by atoms with van der Waals surface area (Å²) in [7, 11) is 0. The van der Waals surface area contributed by atoms with Gasteiger partial charge in [0.05, 0.1) is 18.7 Å². The molecular formula is C19H20N4O4. The van der Waals surface area contributed by atoms with Crippen LogP contribution in [0.1, 0.15) is 30.1 Å². The number of nitrogens with one attached hydrogen (secondary N) is 2. The number of anilines is 1. The molecule has 8 nitrogen and oxygen atoms in total. The second kappa shape index (κ2) is 8.41. The normalized spacial score (nSPS) is 16.5. The molecule has 3 amide bonds. The number of amides is 3. The van der Waals surface area contributed by atoms with Crippen molar-refractivity contribution in [3.8, 4) is 5.75 Å². The number of hydrazine groups is 1. The van der Waals surface area contributed by atoms with E-state index in [1.807, 2.05) is 6.92 Å². The molecule has 27 heavy (non-hydrogen) atoms. The van der Waals surface area contributed by atoms with Crippen LogP contribution in [0.3, 0.4) is 0 Å². The minimum absolute atomic E-state index is 0.0382. The molecule has 1 fully saturated rings. The number of rotatable bonds is 7. The van der Waals surface area contributed by atoms with E-state index in [1.165, 1.54) is 12.4 Å². The topological polar surface area (TPSA) is 101 Å². The summed E-state index contributed by atoms with van der Waals surface area (Å²) in [6.45, 7) is 2.61. The van der Waals surface area contributed by atoms with E-state index in [4.69, 9.17) is 4.74 Å². The van der Waals surface area contributed by atoms with Crippen molar-refractivity contribution < 1.29 is 19.1 Å². The lowest BCUT2D eigenvalue weighted by molar-refractivity contribution is -0.121. The van der Waals surface area contributed by atoms with Gasteiger partial charge < -0.3 is 4.74 Å². The lowest BCUT2D eigenvalue weighted by Crippen LogP contribution is -2.48. The molecule has 1 aromatic heterocycles. The third kappa shape index (κ3) is 4.29. The zero-order valence-electron chi connectivity index (χ0n) is 14.8. The summed E-state index contributed by atoms with van der Waals surface area (Å²) in [5.74, 6) is -0.484. The summed E-state index contributed by atoms with van der Waals surface area (Å²) < 4.78 is 5.50. The second-order valence-electron chi connectivity index (χ2n) is 6.00. The Kier molecular flexibility index (Phi) is 5.77. The van der Waals surface area contributed by atoms with E-state index in [9.17, 15) is 14.4 Å². The van der Waals surface area contributed by atoms with Gasteiger partial charge >= 0.3 is 0 Å². The SMILES string of the molecule is CCCOc1ccc(N2C(=O)C[C@@H](NNC(=O)c3ccncc3)C2=O)cc1. The standard InChI is InChI=1S/C19H20N4O4/c1-2-11-27-15-5-3-14(4-6-15)23-17(24)12-16(19(23)26)21-22-18(25)13-7-9-20-10-8-13/h3-10,16,21H,2,11-12H2,1H3,(H,22,25)/t16-/m1/s1. The first kappa shape index (κ1) is 18.5. The summed E-state index contributed by atoms with van der Waals surface area (Å²) in [6.07, 6.45) is 3.84. The lowest BCUT2D eigenvalue weighted by Gasteiger charge is -2.16. The summed E-state index contributed by atoms with van der Waals surface area (Å²) in [5.41, 5.74) is 5.97. The number of benzene rings is 1. The van der Waals surface area contributed by atoms with Crippen molar-refractivity contribution in [3.63, 3.8) is 0 Å². The molecule has 0 bridgehead atoms. The van der Waals surface area contributed by atoms with E-state index in [2.05, 4.69) is 15.8 Å². The zero-order chi connectivity index (χ0) is 19.2.